The minimum atomic E-state index is 0.760. The quantitative estimate of drug-likeness (QED) is 0.866. The topological polar surface area (TPSA) is 31.4 Å². The van der Waals surface area contributed by atoms with E-state index in [4.69, 9.17) is 11.6 Å². The average Bonchev–Trinajstić information content (AvgIpc) is 2.38. The van der Waals surface area contributed by atoms with E-state index in [9.17, 15) is 0 Å². The van der Waals surface area contributed by atoms with Crippen molar-refractivity contribution in [1.82, 2.24) is 20.1 Å². The summed E-state index contributed by atoms with van der Waals surface area (Å²) in [7, 11) is 2.13. The van der Waals surface area contributed by atoms with Crippen LogP contribution in [0.3, 0.4) is 0 Å². The monoisotopic (exact) mass is 268 g/mol. The number of halogens is 1. The minimum absolute atomic E-state index is 0.760. The number of likely N-dealkylation sites (N-methyl/N-ethyl adjacent to an activating group) is 1. The van der Waals surface area contributed by atoms with E-state index in [1.54, 1.807) is 6.20 Å². The van der Waals surface area contributed by atoms with Crippen LogP contribution >= 0.6 is 11.6 Å². The van der Waals surface area contributed by atoms with Crippen molar-refractivity contribution in [2.45, 2.75) is 6.54 Å². The van der Waals surface area contributed by atoms with Crippen LogP contribution in [-0.4, -0.2) is 61.1 Å². The number of nitrogens with one attached hydrogen (secondary N) is 1. The van der Waals surface area contributed by atoms with Gasteiger partial charge in [-0.05, 0) is 19.2 Å². The third-order valence-electron chi connectivity index (χ3n) is 3.22. The van der Waals surface area contributed by atoms with Crippen LogP contribution in [0, 0.1) is 0 Å². The lowest BCUT2D eigenvalue weighted by molar-refractivity contribution is 0.201. The Labute approximate surface area is 114 Å². The molecule has 1 N–H and O–H groups in total. The van der Waals surface area contributed by atoms with Gasteiger partial charge in [-0.15, -0.1) is 0 Å². The van der Waals surface area contributed by atoms with Gasteiger partial charge in [0.1, 0.15) is 0 Å². The van der Waals surface area contributed by atoms with E-state index in [1.807, 2.05) is 12.1 Å². The van der Waals surface area contributed by atoms with Crippen molar-refractivity contribution in [2.75, 3.05) is 46.3 Å². The zero-order chi connectivity index (χ0) is 12.8. The Bertz CT molecular complexity index is 366. The van der Waals surface area contributed by atoms with Gasteiger partial charge in [0, 0.05) is 57.0 Å². The molecule has 4 nitrogen and oxygen atoms in total. The number of aromatic nitrogens is 1. The molecule has 100 valence electrons. The number of pyridine rings is 1. The molecule has 5 heteroatoms. The average molecular weight is 269 g/mol. The van der Waals surface area contributed by atoms with Gasteiger partial charge < -0.3 is 5.32 Å². The second-order valence-electron chi connectivity index (χ2n) is 4.79. The van der Waals surface area contributed by atoms with Gasteiger partial charge in [0.05, 0.1) is 5.69 Å². The summed E-state index contributed by atoms with van der Waals surface area (Å²) in [6.45, 7) is 7.57. The number of piperazine rings is 1. The summed E-state index contributed by atoms with van der Waals surface area (Å²) in [5, 5.41) is 4.13. The summed E-state index contributed by atoms with van der Waals surface area (Å²) in [5.74, 6) is 0. The molecule has 1 aliphatic heterocycles. The molecule has 18 heavy (non-hydrogen) atoms. The normalized spacial score (nSPS) is 17.3. The van der Waals surface area contributed by atoms with Gasteiger partial charge in [-0.25, -0.2) is 0 Å². The maximum atomic E-state index is 5.95. The first-order valence-electron chi connectivity index (χ1n) is 6.46. The summed E-state index contributed by atoms with van der Waals surface area (Å²) in [5.41, 5.74) is 1.03. The molecule has 0 unspecified atom stereocenters. The molecule has 1 aliphatic rings. The van der Waals surface area contributed by atoms with E-state index in [0.29, 0.717) is 0 Å². The van der Waals surface area contributed by atoms with Gasteiger partial charge in [0.25, 0.3) is 0 Å². The van der Waals surface area contributed by atoms with Crippen molar-refractivity contribution in [2.24, 2.45) is 0 Å². The van der Waals surface area contributed by atoms with E-state index in [2.05, 4.69) is 27.1 Å². The van der Waals surface area contributed by atoms with Gasteiger partial charge >= 0.3 is 0 Å². The molecule has 0 radical (unpaired) electrons. The van der Waals surface area contributed by atoms with E-state index in [1.165, 1.54) is 0 Å². The minimum Gasteiger partial charge on any atom is -0.314 e. The van der Waals surface area contributed by atoms with Gasteiger partial charge in [0.2, 0.25) is 0 Å². The lowest BCUT2D eigenvalue weighted by Crippen LogP contribution is -2.45. The molecule has 2 heterocycles. The molecular formula is C13H21ClN4. The van der Waals surface area contributed by atoms with Crippen molar-refractivity contribution in [1.29, 1.82) is 0 Å². The van der Waals surface area contributed by atoms with Crippen molar-refractivity contribution >= 4 is 11.6 Å². The first-order chi connectivity index (χ1) is 8.74. The number of nitrogens with zero attached hydrogens (tertiary/aromatic N) is 3. The SMILES string of the molecule is CN(CCN1CCNCC1)Cc1cc(Cl)ccn1. The zero-order valence-electron chi connectivity index (χ0n) is 10.9. The predicted molar refractivity (Wildman–Crippen MR) is 74.9 cm³/mol. The Kier molecular flexibility index (Phi) is 5.38. The fourth-order valence-corrected chi connectivity index (χ4v) is 2.32. The number of hydrogen-bond donors (Lipinski definition) is 1. The lowest BCUT2D eigenvalue weighted by atomic mass is 10.3. The van der Waals surface area contributed by atoms with Crippen LogP contribution in [0.2, 0.25) is 5.02 Å². The van der Waals surface area contributed by atoms with Crippen molar-refractivity contribution in [3.8, 4) is 0 Å². The molecule has 1 aromatic rings. The second-order valence-corrected chi connectivity index (χ2v) is 5.23. The maximum absolute atomic E-state index is 5.95. The van der Waals surface area contributed by atoms with Crippen LogP contribution in [0.1, 0.15) is 5.69 Å². The molecule has 1 fully saturated rings. The van der Waals surface area contributed by atoms with E-state index >= 15 is 0 Å². The third kappa shape index (κ3) is 4.53. The highest BCUT2D eigenvalue weighted by Gasteiger charge is 2.10. The Morgan fingerprint density at radius 3 is 2.94 bits per heavy atom. The number of rotatable bonds is 5. The first kappa shape index (κ1) is 13.7. The Morgan fingerprint density at radius 1 is 1.44 bits per heavy atom. The van der Waals surface area contributed by atoms with Crippen LogP contribution in [0.25, 0.3) is 0 Å². The van der Waals surface area contributed by atoms with Gasteiger partial charge in [-0.1, -0.05) is 11.6 Å². The Balaban J connectivity index is 1.72. The fourth-order valence-electron chi connectivity index (χ4n) is 2.14. The molecule has 0 aliphatic carbocycles. The highest BCUT2D eigenvalue weighted by Crippen LogP contribution is 2.09. The van der Waals surface area contributed by atoms with Crippen LogP contribution in [-0.2, 0) is 6.54 Å². The third-order valence-corrected chi connectivity index (χ3v) is 3.45. The largest absolute Gasteiger partial charge is 0.314 e. The van der Waals surface area contributed by atoms with Crippen molar-refractivity contribution < 1.29 is 0 Å². The Hall–Kier alpha value is -0.680. The molecule has 1 aromatic heterocycles. The summed E-state index contributed by atoms with van der Waals surface area (Å²) in [4.78, 5) is 9.12. The lowest BCUT2D eigenvalue weighted by Gasteiger charge is -2.29. The van der Waals surface area contributed by atoms with Crippen molar-refractivity contribution in [3.63, 3.8) is 0 Å². The van der Waals surface area contributed by atoms with Crippen LogP contribution in [0.4, 0.5) is 0 Å². The molecule has 0 atom stereocenters. The second kappa shape index (κ2) is 7.04. The number of hydrogen-bond acceptors (Lipinski definition) is 4. The van der Waals surface area contributed by atoms with E-state index in [0.717, 1.165) is 56.5 Å². The maximum Gasteiger partial charge on any atom is 0.0558 e. The Morgan fingerprint density at radius 2 is 2.22 bits per heavy atom. The molecule has 1 saturated heterocycles. The highest BCUT2D eigenvalue weighted by atomic mass is 35.5. The standard InChI is InChI=1S/C13H21ClN4/c1-17(8-9-18-6-4-15-5-7-18)11-13-10-12(14)2-3-16-13/h2-3,10,15H,4-9,11H2,1H3. The molecule has 0 amide bonds. The van der Waals surface area contributed by atoms with Crippen LogP contribution in [0.5, 0.6) is 0 Å². The molecule has 2 rings (SSSR count). The molecule has 0 bridgehead atoms. The molecular weight excluding hydrogens is 248 g/mol. The van der Waals surface area contributed by atoms with E-state index in [-0.39, 0.29) is 0 Å². The van der Waals surface area contributed by atoms with Crippen LogP contribution < -0.4 is 5.32 Å². The summed E-state index contributed by atoms with van der Waals surface area (Å²) in [6.07, 6.45) is 1.77. The smallest absolute Gasteiger partial charge is 0.0558 e. The predicted octanol–water partition coefficient (Wildman–Crippen LogP) is 1.07. The first-order valence-corrected chi connectivity index (χ1v) is 6.84. The molecule has 0 aromatic carbocycles. The van der Waals surface area contributed by atoms with Crippen LogP contribution in [0.15, 0.2) is 18.3 Å². The summed E-state index contributed by atoms with van der Waals surface area (Å²) in [6, 6.07) is 3.74. The van der Waals surface area contributed by atoms with Gasteiger partial charge in [-0.3, -0.25) is 14.8 Å². The summed E-state index contributed by atoms with van der Waals surface area (Å²) >= 11 is 5.95. The van der Waals surface area contributed by atoms with E-state index < -0.39 is 0 Å². The van der Waals surface area contributed by atoms with Crippen molar-refractivity contribution in [3.05, 3.63) is 29.0 Å². The van der Waals surface area contributed by atoms with Gasteiger partial charge in [0.15, 0.2) is 0 Å². The van der Waals surface area contributed by atoms with Gasteiger partial charge in [-0.2, -0.15) is 0 Å². The highest BCUT2D eigenvalue weighted by molar-refractivity contribution is 6.30. The summed E-state index contributed by atoms with van der Waals surface area (Å²) < 4.78 is 0. The fraction of sp³-hybridized carbons (Fsp3) is 0.615. The molecule has 0 spiro atoms. The molecule has 0 saturated carbocycles. The zero-order valence-corrected chi connectivity index (χ0v) is 11.7.